The predicted molar refractivity (Wildman–Crippen MR) is 70.5 cm³/mol. The highest BCUT2D eigenvalue weighted by molar-refractivity contribution is 5.77. The van der Waals surface area contributed by atoms with Crippen molar-refractivity contribution in [1.82, 2.24) is 5.32 Å². The van der Waals surface area contributed by atoms with Gasteiger partial charge in [0, 0.05) is 12.6 Å². The van der Waals surface area contributed by atoms with Crippen molar-refractivity contribution in [2.75, 3.05) is 13.2 Å². The number of ether oxygens (including phenoxy) is 1. The maximum absolute atomic E-state index is 11.6. The number of carbonyl (C=O) groups is 1. The lowest BCUT2D eigenvalue weighted by Gasteiger charge is -2.19. The van der Waals surface area contributed by atoms with Crippen LogP contribution in [-0.4, -0.2) is 30.3 Å². The molecule has 1 aromatic carbocycles. The number of benzene rings is 1. The molecule has 0 bridgehead atoms. The molecule has 2 atom stereocenters. The molecule has 0 aliphatic carbocycles. The Hall–Kier alpha value is -1.55. The van der Waals surface area contributed by atoms with Crippen LogP contribution in [0.25, 0.3) is 0 Å². The second-order valence-corrected chi connectivity index (χ2v) is 4.57. The van der Waals surface area contributed by atoms with E-state index < -0.39 is 0 Å². The van der Waals surface area contributed by atoms with E-state index >= 15 is 0 Å². The van der Waals surface area contributed by atoms with E-state index in [1.807, 2.05) is 45.0 Å². The highest BCUT2D eigenvalue weighted by atomic mass is 16.5. The van der Waals surface area contributed by atoms with Gasteiger partial charge in [-0.2, -0.15) is 0 Å². The number of aliphatic hydroxyl groups is 1. The van der Waals surface area contributed by atoms with E-state index in [1.165, 1.54) is 0 Å². The second-order valence-electron chi connectivity index (χ2n) is 4.57. The third-order valence-corrected chi connectivity index (χ3v) is 2.98. The van der Waals surface area contributed by atoms with E-state index in [1.54, 1.807) is 0 Å². The van der Waals surface area contributed by atoms with Crippen LogP contribution in [0, 0.1) is 12.8 Å². The summed E-state index contributed by atoms with van der Waals surface area (Å²) in [5, 5.41) is 11.8. The number of amides is 1. The Labute approximate surface area is 108 Å². The number of hydrogen-bond donors (Lipinski definition) is 2. The van der Waals surface area contributed by atoms with Crippen molar-refractivity contribution in [1.29, 1.82) is 0 Å². The standard InChI is InChI=1S/C14H21NO3/c1-10-6-4-5-7-13(10)18-9-14(17)15-12(3)11(2)8-16/h4-7,11-12,16H,8-9H2,1-3H3,(H,15,17). The van der Waals surface area contributed by atoms with Gasteiger partial charge in [0.15, 0.2) is 6.61 Å². The van der Waals surface area contributed by atoms with E-state index in [0.717, 1.165) is 11.3 Å². The molecule has 0 aliphatic heterocycles. The Bertz CT molecular complexity index is 392. The molecule has 0 aromatic heterocycles. The average Bonchev–Trinajstić information content (AvgIpc) is 2.36. The fourth-order valence-electron chi connectivity index (χ4n) is 1.46. The molecule has 100 valence electrons. The third-order valence-electron chi connectivity index (χ3n) is 2.98. The van der Waals surface area contributed by atoms with E-state index in [-0.39, 0.29) is 31.1 Å². The monoisotopic (exact) mass is 251 g/mol. The van der Waals surface area contributed by atoms with Gasteiger partial charge >= 0.3 is 0 Å². The van der Waals surface area contributed by atoms with Crippen molar-refractivity contribution in [3.05, 3.63) is 29.8 Å². The molecule has 0 saturated carbocycles. The van der Waals surface area contributed by atoms with Gasteiger partial charge in [0.2, 0.25) is 0 Å². The highest BCUT2D eigenvalue weighted by Gasteiger charge is 2.14. The lowest BCUT2D eigenvalue weighted by atomic mass is 10.1. The minimum atomic E-state index is -0.175. The maximum atomic E-state index is 11.6. The number of carbonyl (C=O) groups excluding carboxylic acids is 1. The van der Waals surface area contributed by atoms with Crippen LogP contribution >= 0.6 is 0 Å². The number of nitrogens with one attached hydrogen (secondary N) is 1. The van der Waals surface area contributed by atoms with Crippen LogP contribution in [0.3, 0.4) is 0 Å². The summed E-state index contributed by atoms with van der Waals surface area (Å²) in [7, 11) is 0. The fourth-order valence-corrected chi connectivity index (χ4v) is 1.46. The first-order chi connectivity index (χ1) is 8.54. The lowest BCUT2D eigenvalue weighted by molar-refractivity contribution is -0.124. The van der Waals surface area contributed by atoms with Crippen molar-refractivity contribution in [2.24, 2.45) is 5.92 Å². The van der Waals surface area contributed by atoms with Gasteiger partial charge in [0.25, 0.3) is 5.91 Å². The highest BCUT2D eigenvalue weighted by Crippen LogP contribution is 2.15. The molecule has 4 heteroatoms. The Morgan fingerprint density at radius 2 is 2.06 bits per heavy atom. The fraction of sp³-hybridized carbons (Fsp3) is 0.500. The molecule has 0 fully saturated rings. The first-order valence-electron chi connectivity index (χ1n) is 6.13. The predicted octanol–water partition coefficient (Wildman–Crippen LogP) is 1.51. The van der Waals surface area contributed by atoms with Crippen molar-refractivity contribution in [3.8, 4) is 5.75 Å². The molecule has 1 amide bonds. The smallest absolute Gasteiger partial charge is 0.258 e. The Kier molecular flexibility index (Phi) is 5.65. The molecule has 0 saturated heterocycles. The van der Waals surface area contributed by atoms with Gasteiger partial charge in [-0.1, -0.05) is 25.1 Å². The average molecular weight is 251 g/mol. The van der Waals surface area contributed by atoms with Gasteiger partial charge in [0.05, 0.1) is 0 Å². The first-order valence-corrected chi connectivity index (χ1v) is 6.13. The SMILES string of the molecule is Cc1ccccc1OCC(=O)NC(C)C(C)CO. The Balaban J connectivity index is 2.40. The van der Waals surface area contributed by atoms with Gasteiger partial charge < -0.3 is 15.2 Å². The van der Waals surface area contributed by atoms with Crippen LogP contribution in [-0.2, 0) is 4.79 Å². The number of rotatable bonds is 6. The number of para-hydroxylation sites is 1. The molecule has 0 aliphatic rings. The molecule has 1 rings (SSSR count). The van der Waals surface area contributed by atoms with Gasteiger partial charge in [-0.05, 0) is 31.4 Å². The molecule has 1 aromatic rings. The summed E-state index contributed by atoms with van der Waals surface area (Å²) in [6.45, 7) is 5.73. The van der Waals surface area contributed by atoms with Gasteiger partial charge in [0.1, 0.15) is 5.75 Å². The number of aryl methyl sites for hydroxylation is 1. The summed E-state index contributed by atoms with van der Waals surface area (Å²) in [5.41, 5.74) is 1.00. The van der Waals surface area contributed by atoms with Crippen LogP contribution in [0.4, 0.5) is 0 Å². The largest absolute Gasteiger partial charge is 0.484 e. The van der Waals surface area contributed by atoms with E-state index in [2.05, 4.69) is 5.32 Å². The molecule has 0 heterocycles. The number of aliphatic hydroxyl groups excluding tert-OH is 1. The summed E-state index contributed by atoms with van der Waals surface area (Å²) in [6.07, 6.45) is 0. The van der Waals surface area contributed by atoms with Crippen molar-refractivity contribution >= 4 is 5.91 Å². The topological polar surface area (TPSA) is 58.6 Å². The normalized spacial score (nSPS) is 13.8. The zero-order chi connectivity index (χ0) is 13.5. The van der Waals surface area contributed by atoms with Crippen LogP contribution in [0.2, 0.25) is 0 Å². The zero-order valence-corrected chi connectivity index (χ0v) is 11.1. The van der Waals surface area contributed by atoms with E-state index in [4.69, 9.17) is 9.84 Å². The molecule has 0 spiro atoms. The Morgan fingerprint density at radius 3 is 2.67 bits per heavy atom. The van der Waals surface area contributed by atoms with Crippen LogP contribution in [0.15, 0.2) is 24.3 Å². The lowest BCUT2D eigenvalue weighted by Crippen LogP contribution is -2.40. The van der Waals surface area contributed by atoms with Crippen molar-refractivity contribution in [2.45, 2.75) is 26.8 Å². The molecule has 2 N–H and O–H groups in total. The van der Waals surface area contributed by atoms with Crippen LogP contribution < -0.4 is 10.1 Å². The Morgan fingerprint density at radius 1 is 1.39 bits per heavy atom. The van der Waals surface area contributed by atoms with Gasteiger partial charge in [-0.15, -0.1) is 0 Å². The minimum absolute atomic E-state index is 0.00661. The molecular weight excluding hydrogens is 230 g/mol. The van der Waals surface area contributed by atoms with Gasteiger partial charge in [-0.25, -0.2) is 0 Å². The van der Waals surface area contributed by atoms with Crippen molar-refractivity contribution < 1.29 is 14.6 Å². The van der Waals surface area contributed by atoms with Crippen LogP contribution in [0.5, 0.6) is 5.75 Å². The molecule has 2 unspecified atom stereocenters. The molecule has 0 radical (unpaired) electrons. The third kappa shape index (κ3) is 4.37. The molecule has 4 nitrogen and oxygen atoms in total. The quantitative estimate of drug-likeness (QED) is 0.805. The first kappa shape index (κ1) is 14.5. The maximum Gasteiger partial charge on any atom is 0.258 e. The van der Waals surface area contributed by atoms with E-state index in [0.29, 0.717) is 0 Å². The van der Waals surface area contributed by atoms with E-state index in [9.17, 15) is 4.79 Å². The summed E-state index contributed by atoms with van der Waals surface area (Å²) >= 11 is 0. The number of hydrogen-bond acceptors (Lipinski definition) is 3. The second kappa shape index (κ2) is 7.01. The molecular formula is C14H21NO3. The molecule has 18 heavy (non-hydrogen) atoms. The zero-order valence-electron chi connectivity index (χ0n) is 11.1. The summed E-state index contributed by atoms with van der Waals surface area (Å²) in [4.78, 5) is 11.6. The van der Waals surface area contributed by atoms with Crippen LogP contribution in [0.1, 0.15) is 19.4 Å². The van der Waals surface area contributed by atoms with Crippen molar-refractivity contribution in [3.63, 3.8) is 0 Å². The summed E-state index contributed by atoms with van der Waals surface area (Å²) in [6, 6.07) is 7.50. The summed E-state index contributed by atoms with van der Waals surface area (Å²) in [5.74, 6) is 0.578. The summed E-state index contributed by atoms with van der Waals surface area (Å²) < 4.78 is 5.44. The minimum Gasteiger partial charge on any atom is -0.484 e. The van der Waals surface area contributed by atoms with Gasteiger partial charge in [-0.3, -0.25) is 4.79 Å².